The fourth-order valence-electron chi connectivity index (χ4n) is 3.53. The third-order valence-electron chi connectivity index (χ3n) is 5.23. The van der Waals surface area contributed by atoms with Gasteiger partial charge in [0.15, 0.2) is 5.96 Å². The first-order valence-electron chi connectivity index (χ1n) is 10.3. The van der Waals surface area contributed by atoms with Crippen LogP contribution in [0, 0.1) is 0 Å². The molecule has 0 unspecified atom stereocenters. The summed E-state index contributed by atoms with van der Waals surface area (Å²) in [4.78, 5) is 32.6. The molecule has 1 saturated heterocycles. The number of nitrogens with one attached hydrogen (secondary N) is 2. The summed E-state index contributed by atoms with van der Waals surface area (Å²) >= 11 is 5.94. The summed E-state index contributed by atoms with van der Waals surface area (Å²) < 4.78 is 0. The lowest BCUT2D eigenvalue weighted by atomic mass is 10.1. The minimum absolute atomic E-state index is 0. The number of carbonyl (C=O) groups is 2. The Morgan fingerprint density at radius 2 is 1.88 bits per heavy atom. The van der Waals surface area contributed by atoms with Crippen LogP contribution in [0.2, 0.25) is 5.02 Å². The van der Waals surface area contributed by atoms with E-state index in [1.54, 1.807) is 20.2 Å². The maximum absolute atomic E-state index is 12.7. The van der Waals surface area contributed by atoms with E-state index >= 15 is 0 Å². The van der Waals surface area contributed by atoms with Gasteiger partial charge < -0.3 is 20.4 Å². The molecule has 1 aliphatic heterocycles. The van der Waals surface area contributed by atoms with Crippen molar-refractivity contribution in [1.29, 1.82) is 0 Å². The van der Waals surface area contributed by atoms with Crippen molar-refractivity contribution in [2.24, 2.45) is 4.99 Å². The second-order valence-electron chi connectivity index (χ2n) is 7.37. The van der Waals surface area contributed by atoms with Gasteiger partial charge in [-0.1, -0.05) is 35.9 Å². The molecule has 2 aromatic carbocycles. The first kappa shape index (κ1) is 25.9. The monoisotopic (exact) mass is 569 g/mol. The van der Waals surface area contributed by atoms with Gasteiger partial charge >= 0.3 is 0 Å². The van der Waals surface area contributed by atoms with Gasteiger partial charge in [-0.15, -0.1) is 24.0 Å². The molecular formula is C23H29ClIN5O2. The van der Waals surface area contributed by atoms with Crippen LogP contribution in [0.3, 0.4) is 0 Å². The van der Waals surface area contributed by atoms with Crippen molar-refractivity contribution in [3.05, 3.63) is 70.2 Å². The number of carbonyl (C=O) groups excluding carboxylic acids is 2. The van der Waals surface area contributed by atoms with Crippen LogP contribution in [0.4, 0.5) is 0 Å². The van der Waals surface area contributed by atoms with Crippen LogP contribution >= 0.6 is 35.6 Å². The lowest BCUT2D eigenvalue weighted by Crippen LogP contribution is -2.55. The molecule has 0 aromatic heterocycles. The van der Waals surface area contributed by atoms with Crippen molar-refractivity contribution in [2.45, 2.75) is 13.0 Å². The summed E-state index contributed by atoms with van der Waals surface area (Å²) in [6, 6.07) is 15.1. The number of halogens is 2. The number of guanidine groups is 1. The van der Waals surface area contributed by atoms with Crippen LogP contribution in [0.25, 0.3) is 0 Å². The molecule has 0 aliphatic carbocycles. The average molecular weight is 570 g/mol. The Morgan fingerprint density at radius 1 is 1.12 bits per heavy atom. The topological polar surface area (TPSA) is 77.0 Å². The van der Waals surface area contributed by atoms with Gasteiger partial charge in [-0.25, -0.2) is 0 Å². The lowest BCUT2D eigenvalue weighted by Gasteiger charge is -2.36. The van der Waals surface area contributed by atoms with E-state index < -0.39 is 0 Å². The van der Waals surface area contributed by atoms with E-state index in [9.17, 15) is 9.59 Å². The highest BCUT2D eigenvalue weighted by molar-refractivity contribution is 14.0. The number of rotatable bonds is 6. The molecular weight excluding hydrogens is 541 g/mol. The lowest BCUT2D eigenvalue weighted by molar-refractivity contribution is -0.135. The Hall–Kier alpha value is -2.33. The maximum Gasteiger partial charge on any atom is 0.251 e. The Balaban J connectivity index is 0.00000363. The van der Waals surface area contributed by atoms with E-state index in [2.05, 4.69) is 15.6 Å². The van der Waals surface area contributed by atoms with Gasteiger partial charge in [-0.2, -0.15) is 0 Å². The number of aliphatic imine (C=N–C) groups is 1. The van der Waals surface area contributed by atoms with E-state index in [1.807, 2.05) is 52.3 Å². The molecule has 0 spiro atoms. The Morgan fingerprint density at radius 3 is 2.53 bits per heavy atom. The van der Waals surface area contributed by atoms with Crippen molar-refractivity contribution in [1.82, 2.24) is 20.4 Å². The summed E-state index contributed by atoms with van der Waals surface area (Å²) in [5, 5.41) is 6.66. The summed E-state index contributed by atoms with van der Waals surface area (Å²) in [5.41, 5.74) is 2.77. The van der Waals surface area contributed by atoms with Gasteiger partial charge in [-0.3, -0.25) is 14.6 Å². The zero-order chi connectivity index (χ0) is 22.2. The zero-order valence-electron chi connectivity index (χ0n) is 18.3. The van der Waals surface area contributed by atoms with Crippen LogP contribution in [-0.4, -0.2) is 67.8 Å². The number of hydrogen-bond donors (Lipinski definition) is 2. The molecule has 172 valence electrons. The highest BCUT2D eigenvalue weighted by atomic mass is 127. The highest BCUT2D eigenvalue weighted by Gasteiger charge is 2.25. The van der Waals surface area contributed by atoms with Gasteiger partial charge in [0.1, 0.15) is 0 Å². The smallest absolute Gasteiger partial charge is 0.251 e. The number of benzene rings is 2. The van der Waals surface area contributed by atoms with Crippen LogP contribution in [0.5, 0.6) is 0 Å². The largest absolute Gasteiger partial charge is 0.356 e. The summed E-state index contributed by atoms with van der Waals surface area (Å²) in [6.45, 7) is 2.88. The van der Waals surface area contributed by atoms with E-state index in [0.717, 1.165) is 17.5 Å². The molecule has 0 radical (unpaired) electrons. The third-order valence-corrected chi connectivity index (χ3v) is 5.48. The van der Waals surface area contributed by atoms with Gasteiger partial charge in [0.2, 0.25) is 5.91 Å². The maximum atomic E-state index is 12.7. The summed E-state index contributed by atoms with van der Waals surface area (Å²) in [5.74, 6) is 0.685. The first-order chi connectivity index (χ1) is 15.0. The van der Waals surface area contributed by atoms with Gasteiger partial charge in [0.25, 0.3) is 5.91 Å². The van der Waals surface area contributed by atoms with Crippen molar-refractivity contribution >= 4 is 53.4 Å². The van der Waals surface area contributed by atoms with E-state index in [1.165, 1.54) is 0 Å². The average Bonchev–Trinajstić information content (AvgIpc) is 2.79. The molecule has 3 rings (SSSR count). The molecule has 7 nitrogen and oxygen atoms in total. The Kier molecular flexibility index (Phi) is 10.2. The van der Waals surface area contributed by atoms with Gasteiger partial charge in [0, 0.05) is 50.9 Å². The zero-order valence-corrected chi connectivity index (χ0v) is 21.4. The van der Waals surface area contributed by atoms with Crippen LogP contribution in [0.15, 0.2) is 53.5 Å². The second-order valence-corrected chi connectivity index (χ2v) is 7.80. The second kappa shape index (κ2) is 12.6. The number of piperazine rings is 1. The van der Waals surface area contributed by atoms with Crippen LogP contribution in [0.1, 0.15) is 21.5 Å². The molecule has 32 heavy (non-hydrogen) atoms. The predicted octanol–water partition coefficient (Wildman–Crippen LogP) is 2.78. The van der Waals surface area contributed by atoms with Gasteiger partial charge in [0.05, 0.1) is 6.54 Å². The first-order valence-corrected chi connectivity index (χ1v) is 10.7. The summed E-state index contributed by atoms with van der Waals surface area (Å²) in [6.07, 6.45) is 0.744. The molecule has 0 atom stereocenters. The molecule has 2 N–H and O–H groups in total. The molecule has 0 bridgehead atoms. The fourth-order valence-corrected chi connectivity index (χ4v) is 3.66. The van der Waals surface area contributed by atoms with Crippen molar-refractivity contribution in [2.75, 3.05) is 40.3 Å². The number of amides is 2. The molecule has 2 amide bonds. The standard InChI is InChI=1S/C23H28ClN5O2.HI/c1-25-22(31)19-5-3-4-17(14-19)10-11-27-23(26-2)29-13-12-28(21(30)16-29)15-18-6-8-20(24)9-7-18;/h3-9,14H,10-13,15-16H2,1-2H3,(H,25,31)(H,26,27);1H. The van der Waals surface area contributed by atoms with E-state index in [4.69, 9.17) is 11.6 Å². The normalized spacial score (nSPS) is 14.1. The predicted molar refractivity (Wildman–Crippen MR) is 139 cm³/mol. The van der Waals surface area contributed by atoms with E-state index in [0.29, 0.717) is 49.3 Å². The van der Waals surface area contributed by atoms with E-state index in [-0.39, 0.29) is 35.8 Å². The SMILES string of the molecule is CN=C(NCCc1cccc(C(=O)NC)c1)N1CCN(Cc2ccc(Cl)cc2)C(=O)C1.I. The van der Waals surface area contributed by atoms with Crippen LogP contribution in [-0.2, 0) is 17.8 Å². The third kappa shape index (κ3) is 7.09. The van der Waals surface area contributed by atoms with Crippen molar-refractivity contribution < 1.29 is 9.59 Å². The summed E-state index contributed by atoms with van der Waals surface area (Å²) in [7, 11) is 3.34. The van der Waals surface area contributed by atoms with Gasteiger partial charge in [-0.05, 0) is 41.8 Å². The van der Waals surface area contributed by atoms with Crippen LogP contribution < -0.4 is 10.6 Å². The molecule has 1 fully saturated rings. The fraction of sp³-hybridized carbons (Fsp3) is 0.348. The van der Waals surface area contributed by atoms with Crippen molar-refractivity contribution in [3.8, 4) is 0 Å². The highest BCUT2D eigenvalue weighted by Crippen LogP contribution is 2.14. The quantitative estimate of drug-likeness (QED) is 0.319. The van der Waals surface area contributed by atoms with Crippen molar-refractivity contribution in [3.63, 3.8) is 0 Å². The minimum atomic E-state index is -0.0967. The Labute approximate surface area is 211 Å². The number of nitrogens with zero attached hydrogens (tertiary/aromatic N) is 3. The molecule has 1 heterocycles. The molecule has 9 heteroatoms. The molecule has 2 aromatic rings. The minimum Gasteiger partial charge on any atom is -0.356 e. The molecule has 0 saturated carbocycles. The molecule has 1 aliphatic rings. The number of hydrogen-bond acceptors (Lipinski definition) is 3. The Bertz CT molecular complexity index is 952.